The third kappa shape index (κ3) is 2.82. The molecule has 1 fully saturated rings. The number of nitrogens with one attached hydrogen (secondary N) is 1. The molecule has 2 rings (SSSR count). The molecule has 0 bridgehead atoms. The summed E-state index contributed by atoms with van der Waals surface area (Å²) in [7, 11) is 1.90. The Morgan fingerprint density at radius 3 is 2.71 bits per heavy atom. The number of likely N-dealkylation sites (tertiary alicyclic amines) is 1. The molecular weight excluding hydrogens is 222 g/mol. The van der Waals surface area contributed by atoms with E-state index < -0.39 is 11.6 Å². The van der Waals surface area contributed by atoms with E-state index in [1.807, 2.05) is 7.05 Å². The van der Waals surface area contributed by atoms with Gasteiger partial charge < -0.3 is 5.32 Å². The summed E-state index contributed by atoms with van der Waals surface area (Å²) in [4.78, 5) is 2.15. The van der Waals surface area contributed by atoms with Crippen LogP contribution in [0, 0.1) is 11.6 Å². The lowest BCUT2D eigenvalue weighted by Crippen LogP contribution is -2.36. The molecule has 17 heavy (non-hydrogen) atoms. The van der Waals surface area contributed by atoms with Crippen LogP contribution in [0.5, 0.6) is 0 Å². The molecule has 0 spiro atoms. The first-order chi connectivity index (χ1) is 8.22. The van der Waals surface area contributed by atoms with Crippen LogP contribution in [-0.4, -0.2) is 31.1 Å². The molecule has 1 N–H and O–H groups in total. The first-order valence-electron chi connectivity index (χ1n) is 6.04. The number of benzene rings is 1. The van der Waals surface area contributed by atoms with Crippen molar-refractivity contribution in [2.75, 3.05) is 20.1 Å². The summed E-state index contributed by atoms with van der Waals surface area (Å²) < 4.78 is 27.1. The topological polar surface area (TPSA) is 15.3 Å². The zero-order chi connectivity index (χ0) is 12.3. The van der Waals surface area contributed by atoms with E-state index in [1.165, 1.54) is 18.2 Å². The minimum absolute atomic E-state index is 0.190. The predicted octanol–water partition coefficient (Wildman–Crippen LogP) is 2.15. The molecule has 0 aromatic heterocycles. The quantitative estimate of drug-likeness (QED) is 0.867. The molecule has 1 heterocycles. The molecule has 4 heteroatoms. The van der Waals surface area contributed by atoms with Gasteiger partial charge in [-0.15, -0.1) is 0 Å². The van der Waals surface area contributed by atoms with Crippen molar-refractivity contribution in [1.29, 1.82) is 0 Å². The van der Waals surface area contributed by atoms with Gasteiger partial charge in [-0.2, -0.15) is 0 Å². The van der Waals surface area contributed by atoms with Crippen LogP contribution in [0.25, 0.3) is 0 Å². The Bertz CT molecular complexity index is 361. The van der Waals surface area contributed by atoms with Crippen molar-refractivity contribution in [3.8, 4) is 0 Å². The Balaban J connectivity index is 2.09. The fourth-order valence-corrected chi connectivity index (χ4v) is 2.46. The molecule has 1 unspecified atom stereocenters. The zero-order valence-corrected chi connectivity index (χ0v) is 10.0. The van der Waals surface area contributed by atoms with Crippen molar-refractivity contribution >= 4 is 0 Å². The second kappa shape index (κ2) is 5.56. The fourth-order valence-electron chi connectivity index (χ4n) is 2.46. The zero-order valence-electron chi connectivity index (χ0n) is 10.0. The van der Waals surface area contributed by atoms with Gasteiger partial charge >= 0.3 is 0 Å². The molecular formula is C13H18F2N2. The predicted molar refractivity (Wildman–Crippen MR) is 63.7 cm³/mol. The number of rotatable bonds is 4. The summed E-state index contributed by atoms with van der Waals surface area (Å²) in [5.74, 6) is -0.889. The smallest absolute Gasteiger partial charge is 0.130 e. The summed E-state index contributed by atoms with van der Waals surface area (Å²) in [5.41, 5.74) is 0.190. The molecule has 94 valence electrons. The number of nitrogens with zero attached hydrogens (tertiary/aromatic N) is 1. The van der Waals surface area contributed by atoms with Gasteiger partial charge in [0.05, 0.1) is 0 Å². The number of halogens is 2. The maximum Gasteiger partial charge on any atom is 0.130 e. The lowest BCUT2D eigenvalue weighted by molar-refractivity contribution is 0.235. The van der Waals surface area contributed by atoms with E-state index in [4.69, 9.17) is 0 Å². The summed E-state index contributed by atoms with van der Waals surface area (Å²) in [6.45, 7) is 2.15. The maximum atomic E-state index is 13.5. The highest BCUT2D eigenvalue weighted by molar-refractivity contribution is 5.19. The molecule has 2 nitrogen and oxygen atoms in total. The highest BCUT2D eigenvalue weighted by Crippen LogP contribution is 2.22. The molecule has 0 saturated carbocycles. The fraction of sp³-hybridized carbons (Fsp3) is 0.538. The third-order valence-corrected chi connectivity index (χ3v) is 3.36. The van der Waals surface area contributed by atoms with E-state index in [1.54, 1.807) is 0 Å². The summed E-state index contributed by atoms with van der Waals surface area (Å²) in [5, 5.41) is 3.13. The Labute approximate surface area is 101 Å². The van der Waals surface area contributed by atoms with Crippen LogP contribution < -0.4 is 5.32 Å². The molecule has 0 radical (unpaired) electrons. The van der Waals surface area contributed by atoms with E-state index in [2.05, 4.69) is 10.2 Å². The third-order valence-electron chi connectivity index (χ3n) is 3.36. The molecule has 1 aromatic carbocycles. The van der Waals surface area contributed by atoms with Crippen molar-refractivity contribution < 1.29 is 8.78 Å². The minimum atomic E-state index is -0.444. The van der Waals surface area contributed by atoms with Crippen LogP contribution in [-0.2, 0) is 6.54 Å². The van der Waals surface area contributed by atoms with E-state index in [9.17, 15) is 8.78 Å². The van der Waals surface area contributed by atoms with Crippen LogP contribution in [0.4, 0.5) is 8.78 Å². The Hall–Kier alpha value is -1.00. The minimum Gasteiger partial charge on any atom is -0.318 e. The molecule has 1 saturated heterocycles. The van der Waals surface area contributed by atoms with Gasteiger partial charge in [-0.25, -0.2) is 8.78 Å². The molecule has 1 aromatic rings. The van der Waals surface area contributed by atoms with Gasteiger partial charge in [-0.05, 0) is 38.6 Å². The lowest BCUT2D eigenvalue weighted by Gasteiger charge is -2.24. The summed E-state index contributed by atoms with van der Waals surface area (Å²) in [6.07, 6.45) is 2.19. The van der Waals surface area contributed by atoms with Crippen LogP contribution in [0.2, 0.25) is 0 Å². The Kier molecular flexibility index (Phi) is 4.07. The van der Waals surface area contributed by atoms with Crippen molar-refractivity contribution in [2.45, 2.75) is 25.4 Å². The first kappa shape index (κ1) is 12.5. The lowest BCUT2D eigenvalue weighted by atomic mass is 10.1. The van der Waals surface area contributed by atoms with Crippen LogP contribution in [0.15, 0.2) is 18.2 Å². The average Bonchev–Trinajstić information content (AvgIpc) is 2.72. The Morgan fingerprint density at radius 1 is 1.35 bits per heavy atom. The van der Waals surface area contributed by atoms with Gasteiger partial charge in [0.1, 0.15) is 11.6 Å². The second-order valence-corrected chi connectivity index (χ2v) is 4.52. The molecule has 0 aliphatic carbocycles. The normalized spacial score (nSPS) is 21.0. The van der Waals surface area contributed by atoms with Gasteiger partial charge in [-0.1, -0.05) is 6.07 Å². The SMILES string of the molecule is CNCC1CCCN1Cc1c(F)cccc1F. The van der Waals surface area contributed by atoms with Crippen molar-refractivity contribution in [3.05, 3.63) is 35.4 Å². The molecule has 1 atom stereocenters. The monoisotopic (exact) mass is 240 g/mol. The van der Waals surface area contributed by atoms with Gasteiger partial charge in [-0.3, -0.25) is 4.90 Å². The van der Waals surface area contributed by atoms with Crippen LogP contribution in [0.3, 0.4) is 0 Å². The summed E-state index contributed by atoms with van der Waals surface area (Å²) in [6, 6.07) is 4.44. The van der Waals surface area contributed by atoms with Gasteiger partial charge in [0.25, 0.3) is 0 Å². The molecule has 1 aliphatic heterocycles. The number of hydrogen-bond acceptors (Lipinski definition) is 2. The average molecular weight is 240 g/mol. The van der Waals surface area contributed by atoms with Crippen LogP contribution in [0.1, 0.15) is 18.4 Å². The largest absolute Gasteiger partial charge is 0.318 e. The number of hydrogen-bond donors (Lipinski definition) is 1. The van der Waals surface area contributed by atoms with Crippen molar-refractivity contribution in [3.63, 3.8) is 0 Å². The molecule has 1 aliphatic rings. The summed E-state index contributed by atoms with van der Waals surface area (Å²) >= 11 is 0. The number of likely N-dealkylation sites (N-methyl/N-ethyl adjacent to an activating group) is 1. The van der Waals surface area contributed by atoms with Crippen molar-refractivity contribution in [1.82, 2.24) is 10.2 Å². The highest BCUT2D eigenvalue weighted by Gasteiger charge is 2.25. The van der Waals surface area contributed by atoms with E-state index in [0.29, 0.717) is 12.6 Å². The van der Waals surface area contributed by atoms with Gasteiger partial charge in [0.15, 0.2) is 0 Å². The molecule has 0 amide bonds. The second-order valence-electron chi connectivity index (χ2n) is 4.52. The van der Waals surface area contributed by atoms with Gasteiger partial charge in [0, 0.05) is 24.7 Å². The van der Waals surface area contributed by atoms with E-state index in [0.717, 1.165) is 25.9 Å². The van der Waals surface area contributed by atoms with Gasteiger partial charge in [0.2, 0.25) is 0 Å². The van der Waals surface area contributed by atoms with E-state index >= 15 is 0 Å². The van der Waals surface area contributed by atoms with Crippen LogP contribution >= 0.6 is 0 Å². The maximum absolute atomic E-state index is 13.5. The first-order valence-corrected chi connectivity index (χ1v) is 6.04. The Morgan fingerprint density at radius 2 is 2.06 bits per heavy atom. The highest BCUT2D eigenvalue weighted by atomic mass is 19.1. The van der Waals surface area contributed by atoms with Crippen molar-refractivity contribution in [2.24, 2.45) is 0 Å². The standard InChI is InChI=1S/C13H18F2N2/c1-16-8-10-4-3-7-17(10)9-11-12(14)5-2-6-13(11)15/h2,5-6,10,16H,3-4,7-9H2,1H3. The van der Waals surface area contributed by atoms with E-state index in [-0.39, 0.29) is 5.56 Å².